The van der Waals surface area contributed by atoms with E-state index in [2.05, 4.69) is 10.6 Å². The zero-order chi connectivity index (χ0) is 17.9. The van der Waals surface area contributed by atoms with Gasteiger partial charge in [0.25, 0.3) is 0 Å². The standard InChI is InChI=1S/C19H19N3O3/c20-11-9-18(23)21-14-15-5-4-6-16(13-15)22-19(24)10-12-25-17-7-2-1-3-8-17/h1-8,13H,9-10,12,14H2,(H,21,23)(H,22,24). The van der Waals surface area contributed by atoms with Gasteiger partial charge < -0.3 is 15.4 Å². The number of para-hydroxylation sites is 1. The number of nitriles is 1. The topological polar surface area (TPSA) is 91.2 Å². The Morgan fingerprint density at radius 2 is 1.84 bits per heavy atom. The van der Waals surface area contributed by atoms with Crippen molar-refractivity contribution in [1.82, 2.24) is 5.32 Å². The third-order valence-corrected chi connectivity index (χ3v) is 3.28. The maximum absolute atomic E-state index is 12.0. The minimum atomic E-state index is -0.324. The number of ether oxygens (including phenoxy) is 1. The van der Waals surface area contributed by atoms with Crippen molar-refractivity contribution in [2.75, 3.05) is 11.9 Å². The highest BCUT2D eigenvalue weighted by atomic mass is 16.5. The van der Waals surface area contributed by atoms with Gasteiger partial charge in [-0.1, -0.05) is 30.3 Å². The van der Waals surface area contributed by atoms with Crippen LogP contribution in [0.2, 0.25) is 0 Å². The molecule has 0 saturated heterocycles. The van der Waals surface area contributed by atoms with Gasteiger partial charge in [-0.15, -0.1) is 0 Å². The summed E-state index contributed by atoms with van der Waals surface area (Å²) in [5.41, 5.74) is 1.49. The first kappa shape index (κ1) is 18.0. The second-order valence-corrected chi connectivity index (χ2v) is 5.27. The molecule has 0 unspecified atom stereocenters. The second kappa shape index (κ2) is 9.73. The van der Waals surface area contributed by atoms with Crippen molar-refractivity contribution >= 4 is 17.5 Å². The van der Waals surface area contributed by atoms with Gasteiger partial charge in [-0.05, 0) is 29.8 Å². The molecule has 2 N–H and O–H groups in total. The number of carbonyl (C=O) groups is 2. The average molecular weight is 337 g/mol. The van der Waals surface area contributed by atoms with Gasteiger partial charge >= 0.3 is 0 Å². The lowest BCUT2D eigenvalue weighted by molar-refractivity contribution is -0.120. The Hall–Kier alpha value is -3.33. The minimum Gasteiger partial charge on any atom is -0.493 e. The number of nitrogens with one attached hydrogen (secondary N) is 2. The van der Waals surface area contributed by atoms with E-state index in [0.717, 1.165) is 11.3 Å². The number of hydrogen-bond acceptors (Lipinski definition) is 4. The van der Waals surface area contributed by atoms with E-state index < -0.39 is 0 Å². The summed E-state index contributed by atoms with van der Waals surface area (Å²) in [6.45, 7) is 0.598. The van der Waals surface area contributed by atoms with Gasteiger partial charge in [-0.3, -0.25) is 9.59 Å². The summed E-state index contributed by atoms with van der Waals surface area (Å²) in [5, 5.41) is 13.9. The maximum Gasteiger partial charge on any atom is 0.234 e. The lowest BCUT2D eigenvalue weighted by Gasteiger charge is -2.09. The first-order chi connectivity index (χ1) is 12.2. The van der Waals surface area contributed by atoms with Crippen molar-refractivity contribution in [2.45, 2.75) is 19.4 Å². The third-order valence-electron chi connectivity index (χ3n) is 3.28. The number of benzene rings is 2. The van der Waals surface area contributed by atoms with E-state index in [-0.39, 0.29) is 24.7 Å². The van der Waals surface area contributed by atoms with E-state index in [9.17, 15) is 9.59 Å². The molecule has 2 rings (SSSR count). The Kier molecular flexibility index (Phi) is 7.01. The first-order valence-electron chi connectivity index (χ1n) is 7.87. The smallest absolute Gasteiger partial charge is 0.234 e. The molecule has 0 saturated carbocycles. The Bertz CT molecular complexity index is 754. The largest absolute Gasteiger partial charge is 0.493 e. The van der Waals surface area contributed by atoms with Crippen LogP contribution in [0.15, 0.2) is 54.6 Å². The minimum absolute atomic E-state index is 0.151. The van der Waals surface area contributed by atoms with Gasteiger partial charge in [-0.25, -0.2) is 0 Å². The maximum atomic E-state index is 12.0. The Morgan fingerprint density at radius 1 is 1.04 bits per heavy atom. The fourth-order valence-corrected chi connectivity index (χ4v) is 2.10. The van der Waals surface area contributed by atoms with Crippen LogP contribution in [-0.2, 0) is 16.1 Å². The molecule has 0 heterocycles. The molecule has 0 atom stereocenters. The highest BCUT2D eigenvalue weighted by Crippen LogP contribution is 2.12. The summed E-state index contributed by atoms with van der Waals surface area (Å²) in [6, 6.07) is 18.3. The van der Waals surface area contributed by atoms with Gasteiger partial charge in [0.2, 0.25) is 11.8 Å². The molecule has 0 fully saturated rings. The summed E-state index contributed by atoms with van der Waals surface area (Å²) in [6.07, 6.45) is 0.0653. The quantitative estimate of drug-likeness (QED) is 0.774. The Morgan fingerprint density at radius 3 is 2.60 bits per heavy atom. The molecule has 0 spiro atoms. The number of nitrogens with zero attached hydrogens (tertiary/aromatic N) is 1. The summed E-state index contributed by atoms with van der Waals surface area (Å²) in [5.74, 6) is 0.252. The number of carbonyl (C=O) groups excluding carboxylic acids is 2. The van der Waals surface area contributed by atoms with Crippen LogP contribution < -0.4 is 15.4 Å². The lowest BCUT2D eigenvalue weighted by Crippen LogP contribution is -2.22. The van der Waals surface area contributed by atoms with E-state index in [1.165, 1.54) is 0 Å². The van der Waals surface area contributed by atoms with Gasteiger partial charge in [0, 0.05) is 12.2 Å². The van der Waals surface area contributed by atoms with Crippen LogP contribution in [-0.4, -0.2) is 18.4 Å². The van der Waals surface area contributed by atoms with Crippen molar-refractivity contribution < 1.29 is 14.3 Å². The van der Waals surface area contributed by atoms with Crippen LogP contribution in [0.1, 0.15) is 18.4 Å². The van der Waals surface area contributed by atoms with Crippen molar-refractivity contribution in [3.63, 3.8) is 0 Å². The van der Waals surface area contributed by atoms with Gasteiger partial charge in [0.1, 0.15) is 12.2 Å². The summed E-state index contributed by atoms with van der Waals surface area (Å²) >= 11 is 0. The highest BCUT2D eigenvalue weighted by molar-refractivity contribution is 5.90. The molecule has 128 valence electrons. The number of anilines is 1. The molecular weight excluding hydrogens is 318 g/mol. The summed E-state index contributed by atoms with van der Waals surface area (Å²) in [7, 11) is 0. The number of rotatable bonds is 8. The van der Waals surface area contributed by atoms with Crippen LogP contribution in [0, 0.1) is 11.3 Å². The number of amides is 2. The van der Waals surface area contributed by atoms with E-state index in [1.54, 1.807) is 24.3 Å². The number of hydrogen-bond donors (Lipinski definition) is 2. The zero-order valence-electron chi connectivity index (χ0n) is 13.7. The van der Waals surface area contributed by atoms with Gasteiger partial charge in [0.15, 0.2) is 0 Å². The van der Waals surface area contributed by atoms with Crippen LogP contribution >= 0.6 is 0 Å². The molecule has 0 aliphatic carbocycles. The molecule has 2 amide bonds. The molecule has 0 aliphatic heterocycles. The van der Waals surface area contributed by atoms with Crippen LogP contribution in [0.4, 0.5) is 5.69 Å². The lowest BCUT2D eigenvalue weighted by atomic mass is 10.2. The van der Waals surface area contributed by atoms with Crippen LogP contribution in [0.5, 0.6) is 5.75 Å². The summed E-state index contributed by atoms with van der Waals surface area (Å²) in [4.78, 5) is 23.3. The van der Waals surface area contributed by atoms with E-state index in [1.807, 2.05) is 36.4 Å². The van der Waals surface area contributed by atoms with Crippen molar-refractivity contribution in [1.29, 1.82) is 5.26 Å². The van der Waals surface area contributed by atoms with Crippen LogP contribution in [0.3, 0.4) is 0 Å². The predicted molar refractivity (Wildman–Crippen MR) is 93.7 cm³/mol. The van der Waals surface area contributed by atoms with Crippen LogP contribution in [0.25, 0.3) is 0 Å². The van der Waals surface area contributed by atoms with Crippen molar-refractivity contribution in [3.8, 4) is 11.8 Å². The molecule has 6 heteroatoms. The third kappa shape index (κ3) is 6.75. The molecule has 2 aromatic rings. The SMILES string of the molecule is N#CCC(=O)NCc1cccc(NC(=O)CCOc2ccccc2)c1. The van der Waals surface area contributed by atoms with E-state index in [0.29, 0.717) is 18.8 Å². The van der Waals surface area contributed by atoms with Crippen molar-refractivity contribution in [3.05, 3.63) is 60.2 Å². The Labute approximate surface area is 146 Å². The fraction of sp³-hybridized carbons (Fsp3) is 0.211. The molecule has 2 aromatic carbocycles. The molecule has 0 aromatic heterocycles. The first-order valence-corrected chi connectivity index (χ1v) is 7.87. The van der Waals surface area contributed by atoms with Gasteiger partial charge in [-0.2, -0.15) is 5.26 Å². The molecule has 25 heavy (non-hydrogen) atoms. The van der Waals surface area contributed by atoms with Gasteiger partial charge in [0.05, 0.1) is 19.1 Å². The summed E-state index contributed by atoms with van der Waals surface area (Å²) < 4.78 is 5.49. The van der Waals surface area contributed by atoms with E-state index >= 15 is 0 Å². The monoisotopic (exact) mass is 337 g/mol. The molecule has 0 bridgehead atoms. The molecule has 0 radical (unpaired) electrons. The zero-order valence-corrected chi connectivity index (χ0v) is 13.7. The average Bonchev–Trinajstić information content (AvgIpc) is 2.61. The predicted octanol–water partition coefficient (Wildman–Crippen LogP) is 2.62. The molecule has 0 aliphatic rings. The second-order valence-electron chi connectivity index (χ2n) is 5.27. The fourth-order valence-electron chi connectivity index (χ4n) is 2.10. The Balaban J connectivity index is 1.77. The molecule has 6 nitrogen and oxygen atoms in total. The van der Waals surface area contributed by atoms with E-state index in [4.69, 9.17) is 10.00 Å². The highest BCUT2D eigenvalue weighted by Gasteiger charge is 2.05. The molecular formula is C19H19N3O3. The normalized spacial score (nSPS) is 9.72. The van der Waals surface area contributed by atoms with Crippen molar-refractivity contribution in [2.24, 2.45) is 0 Å².